The number of rotatable bonds is 8. The number of hydrogen-bond donors (Lipinski definition) is 2. The maximum atomic E-state index is 12.0. The maximum absolute atomic E-state index is 12.0. The van der Waals surface area contributed by atoms with Gasteiger partial charge in [0.15, 0.2) is 0 Å². The molecule has 1 atom stereocenters. The van der Waals surface area contributed by atoms with Crippen molar-refractivity contribution >= 4 is 11.9 Å². The van der Waals surface area contributed by atoms with Crippen LogP contribution in [0.4, 0.5) is 0 Å². The van der Waals surface area contributed by atoms with E-state index in [-0.39, 0.29) is 5.91 Å². The van der Waals surface area contributed by atoms with Gasteiger partial charge in [-0.05, 0) is 43.1 Å². The van der Waals surface area contributed by atoms with Crippen LogP contribution in [-0.4, -0.2) is 23.0 Å². The fourth-order valence-corrected chi connectivity index (χ4v) is 2.96. The van der Waals surface area contributed by atoms with Crippen LogP contribution in [-0.2, 0) is 9.59 Å². The van der Waals surface area contributed by atoms with E-state index in [2.05, 4.69) is 24.0 Å². The van der Waals surface area contributed by atoms with Crippen LogP contribution in [0, 0.1) is 5.92 Å². The molecule has 1 amide bonds. The number of amides is 1. The monoisotopic (exact) mass is 301 g/mol. The van der Waals surface area contributed by atoms with E-state index in [1.165, 1.54) is 5.56 Å². The molecule has 1 aromatic carbocycles. The molecule has 0 spiro atoms. The number of carbonyl (C=O) groups excluding carboxylic acids is 1. The summed E-state index contributed by atoms with van der Waals surface area (Å²) in [4.78, 5) is 23.1. The Balaban J connectivity index is 1.74. The van der Waals surface area contributed by atoms with E-state index in [4.69, 9.17) is 5.11 Å². The number of hydrogen-bond acceptors (Lipinski definition) is 2. The first-order valence-corrected chi connectivity index (χ1v) is 7.78. The number of nitrogens with one attached hydrogen (secondary N) is 1. The number of allylic oxidation sites excluding steroid dienone is 1. The van der Waals surface area contributed by atoms with Crippen LogP contribution in [0.15, 0.2) is 43.0 Å². The topological polar surface area (TPSA) is 66.4 Å². The summed E-state index contributed by atoms with van der Waals surface area (Å²) in [5.74, 6) is -0.243. The van der Waals surface area contributed by atoms with Gasteiger partial charge in [-0.25, -0.2) is 4.79 Å². The van der Waals surface area contributed by atoms with E-state index >= 15 is 0 Å². The molecular formula is C18H23NO3. The average Bonchev–Trinajstić information content (AvgIpc) is 2.47. The molecule has 2 N–H and O–H groups in total. The molecule has 1 aromatic rings. The minimum atomic E-state index is -0.981. The third-order valence-electron chi connectivity index (χ3n) is 4.27. The molecule has 0 heterocycles. The Morgan fingerprint density at radius 2 is 2.00 bits per heavy atom. The van der Waals surface area contributed by atoms with Crippen molar-refractivity contribution < 1.29 is 14.7 Å². The van der Waals surface area contributed by atoms with E-state index in [1.807, 2.05) is 18.2 Å². The predicted molar refractivity (Wildman–Crippen MR) is 85.5 cm³/mol. The second-order valence-corrected chi connectivity index (χ2v) is 5.97. The molecular weight excluding hydrogens is 278 g/mol. The zero-order valence-electron chi connectivity index (χ0n) is 12.7. The van der Waals surface area contributed by atoms with Crippen molar-refractivity contribution in [3.8, 4) is 0 Å². The molecule has 0 bridgehead atoms. The molecule has 0 aliphatic heterocycles. The summed E-state index contributed by atoms with van der Waals surface area (Å²) >= 11 is 0. The molecule has 0 aromatic heterocycles. The van der Waals surface area contributed by atoms with E-state index in [9.17, 15) is 9.59 Å². The van der Waals surface area contributed by atoms with Crippen molar-refractivity contribution in [3.63, 3.8) is 0 Å². The lowest BCUT2D eigenvalue weighted by Crippen LogP contribution is -2.42. The summed E-state index contributed by atoms with van der Waals surface area (Å²) in [6, 6.07) is 9.50. The molecule has 1 fully saturated rings. The Hall–Kier alpha value is -2.10. The number of benzene rings is 1. The number of aliphatic carboxylic acids is 1. The van der Waals surface area contributed by atoms with Crippen molar-refractivity contribution in [2.24, 2.45) is 5.92 Å². The van der Waals surface area contributed by atoms with Gasteiger partial charge in [0.1, 0.15) is 6.04 Å². The van der Waals surface area contributed by atoms with Gasteiger partial charge in [0, 0.05) is 6.42 Å². The van der Waals surface area contributed by atoms with Crippen molar-refractivity contribution in [1.82, 2.24) is 5.32 Å². The molecule has 1 aliphatic rings. The van der Waals surface area contributed by atoms with Gasteiger partial charge in [-0.3, -0.25) is 4.79 Å². The molecule has 4 heteroatoms. The Labute approximate surface area is 131 Å². The van der Waals surface area contributed by atoms with E-state index in [0.717, 1.165) is 12.8 Å². The lowest BCUT2D eigenvalue weighted by atomic mass is 9.70. The third-order valence-corrected chi connectivity index (χ3v) is 4.27. The fourth-order valence-electron chi connectivity index (χ4n) is 2.96. The van der Waals surface area contributed by atoms with Crippen LogP contribution in [0.25, 0.3) is 0 Å². The third kappa shape index (κ3) is 4.45. The van der Waals surface area contributed by atoms with Crippen LogP contribution in [0.2, 0.25) is 0 Å². The van der Waals surface area contributed by atoms with Crippen LogP contribution < -0.4 is 5.32 Å². The molecule has 0 saturated heterocycles. The summed E-state index contributed by atoms with van der Waals surface area (Å²) in [5, 5.41) is 11.7. The quantitative estimate of drug-likeness (QED) is 0.725. The van der Waals surface area contributed by atoms with E-state index in [1.54, 1.807) is 6.08 Å². The molecule has 1 unspecified atom stereocenters. The zero-order chi connectivity index (χ0) is 15.9. The highest BCUT2D eigenvalue weighted by Crippen LogP contribution is 2.43. The highest BCUT2D eigenvalue weighted by Gasteiger charge is 2.32. The molecule has 1 aliphatic carbocycles. The fraction of sp³-hybridized carbons (Fsp3) is 0.444. The molecule has 1 saturated carbocycles. The first-order valence-electron chi connectivity index (χ1n) is 7.78. The minimum absolute atomic E-state index is 0.159. The van der Waals surface area contributed by atoms with Gasteiger partial charge in [-0.1, -0.05) is 36.4 Å². The highest BCUT2D eigenvalue weighted by atomic mass is 16.4. The van der Waals surface area contributed by atoms with Gasteiger partial charge in [0.25, 0.3) is 0 Å². The van der Waals surface area contributed by atoms with Crippen LogP contribution >= 0.6 is 0 Å². The summed E-state index contributed by atoms with van der Waals surface area (Å²) in [5.41, 5.74) is 1.33. The summed E-state index contributed by atoms with van der Waals surface area (Å²) in [6.45, 7) is 3.57. The molecule has 22 heavy (non-hydrogen) atoms. The van der Waals surface area contributed by atoms with Crippen molar-refractivity contribution in [1.29, 1.82) is 0 Å². The van der Waals surface area contributed by atoms with Gasteiger partial charge in [-0.2, -0.15) is 0 Å². The van der Waals surface area contributed by atoms with Gasteiger partial charge >= 0.3 is 5.97 Å². The number of carboxylic acids is 1. The lowest BCUT2D eigenvalue weighted by molar-refractivity contribution is -0.142. The Morgan fingerprint density at radius 1 is 1.32 bits per heavy atom. The molecule has 2 rings (SSSR count). The maximum Gasteiger partial charge on any atom is 0.326 e. The van der Waals surface area contributed by atoms with Gasteiger partial charge < -0.3 is 10.4 Å². The number of carboxylic acid groups (broad SMARTS) is 1. The van der Waals surface area contributed by atoms with Crippen molar-refractivity contribution in [3.05, 3.63) is 48.6 Å². The Bertz CT molecular complexity index is 520. The van der Waals surface area contributed by atoms with Gasteiger partial charge in [0.2, 0.25) is 5.91 Å². The van der Waals surface area contributed by atoms with E-state index in [0.29, 0.717) is 31.1 Å². The zero-order valence-corrected chi connectivity index (χ0v) is 12.7. The normalized spacial score (nSPS) is 21.5. The second-order valence-electron chi connectivity index (χ2n) is 5.97. The first-order chi connectivity index (χ1) is 10.6. The van der Waals surface area contributed by atoms with Crippen molar-refractivity contribution in [2.45, 2.75) is 44.1 Å². The molecule has 118 valence electrons. The van der Waals surface area contributed by atoms with Gasteiger partial charge in [0.05, 0.1) is 0 Å². The smallest absolute Gasteiger partial charge is 0.326 e. The molecule has 4 nitrogen and oxygen atoms in total. The van der Waals surface area contributed by atoms with Crippen LogP contribution in [0.3, 0.4) is 0 Å². The first kappa shape index (κ1) is 16.3. The Kier molecular flexibility index (Phi) is 5.75. The molecule has 0 radical (unpaired) electrons. The summed E-state index contributed by atoms with van der Waals surface area (Å²) in [7, 11) is 0. The lowest BCUT2D eigenvalue weighted by Gasteiger charge is -2.35. The average molecular weight is 301 g/mol. The van der Waals surface area contributed by atoms with Crippen molar-refractivity contribution in [2.75, 3.05) is 0 Å². The summed E-state index contributed by atoms with van der Waals surface area (Å²) < 4.78 is 0. The number of carbonyl (C=O) groups is 2. The largest absolute Gasteiger partial charge is 0.480 e. The second kappa shape index (κ2) is 7.78. The highest BCUT2D eigenvalue weighted by molar-refractivity contribution is 5.83. The van der Waals surface area contributed by atoms with Crippen LogP contribution in [0.1, 0.15) is 43.6 Å². The summed E-state index contributed by atoms with van der Waals surface area (Å²) in [6.07, 6.45) is 5.06. The SMILES string of the molecule is C=CCCC(NC(=O)CC1CC(c2ccccc2)C1)C(=O)O. The van der Waals surface area contributed by atoms with E-state index < -0.39 is 12.0 Å². The predicted octanol–water partition coefficient (Wildman–Crippen LogP) is 3.11. The van der Waals surface area contributed by atoms with Gasteiger partial charge in [-0.15, -0.1) is 6.58 Å². The van der Waals surface area contributed by atoms with Crippen LogP contribution in [0.5, 0.6) is 0 Å². The Morgan fingerprint density at radius 3 is 2.59 bits per heavy atom. The minimum Gasteiger partial charge on any atom is -0.480 e. The standard InChI is InChI=1S/C18H23NO3/c1-2-3-9-16(18(21)22)19-17(20)12-13-10-15(11-13)14-7-5-4-6-8-14/h2,4-8,13,15-16H,1,3,9-12H2,(H,19,20)(H,21,22).